The van der Waals surface area contributed by atoms with Gasteiger partial charge in [0.05, 0.1) is 12.1 Å². The first-order chi connectivity index (χ1) is 11.0. The lowest BCUT2D eigenvalue weighted by molar-refractivity contribution is -0.119. The third kappa shape index (κ3) is 3.74. The Kier molecular flexibility index (Phi) is 5.58. The van der Waals surface area contributed by atoms with Crippen LogP contribution in [-0.2, 0) is 11.8 Å². The van der Waals surface area contributed by atoms with Gasteiger partial charge in [-0.1, -0.05) is 6.07 Å². The zero-order chi connectivity index (χ0) is 16.4. The minimum Gasteiger partial charge on any atom is -0.366 e. The predicted molar refractivity (Wildman–Crippen MR) is 93.1 cm³/mol. The number of nitrogens with one attached hydrogen (secondary N) is 2. The summed E-state index contributed by atoms with van der Waals surface area (Å²) in [5.74, 6) is -0.693. The number of aromatic nitrogens is 2. The number of rotatable bonds is 4. The molecule has 0 unspecified atom stereocenters. The molecular formula is C16H20ClN5O2. The highest BCUT2D eigenvalue weighted by Gasteiger charge is 2.34. The topological polar surface area (TPSA) is 102 Å². The molecule has 128 valence electrons. The summed E-state index contributed by atoms with van der Waals surface area (Å²) in [4.78, 5) is 23.8. The lowest BCUT2D eigenvalue weighted by Gasteiger charge is -2.17. The van der Waals surface area contributed by atoms with Gasteiger partial charge in [-0.3, -0.25) is 14.3 Å². The Labute approximate surface area is 146 Å². The van der Waals surface area contributed by atoms with Crippen LogP contribution in [0.2, 0.25) is 0 Å². The van der Waals surface area contributed by atoms with E-state index in [1.807, 2.05) is 13.2 Å². The van der Waals surface area contributed by atoms with Crippen molar-refractivity contribution in [1.29, 1.82) is 0 Å². The van der Waals surface area contributed by atoms with Crippen molar-refractivity contribution in [2.45, 2.75) is 5.92 Å². The maximum atomic E-state index is 12.6. The van der Waals surface area contributed by atoms with Crippen LogP contribution in [0.15, 0.2) is 36.7 Å². The number of hydrogen-bond donors (Lipinski definition) is 3. The Morgan fingerprint density at radius 1 is 1.38 bits per heavy atom. The number of benzene rings is 1. The summed E-state index contributed by atoms with van der Waals surface area (Å²) in [5.41, 5.74) is 7.25. The van der Waals surface area contributed by atoms with Crippen molar-refractivity contribution in [3.05, 3.63) is 47.8 Å². The summed E-state index contributed by atoms with van der Waals surface area (Å²) in [6.07, 6.45) is 3.73. The van der Waals surface area contributed by atoms with Crippen molar-refractivity contribution in [2.24, 2.45) is 18.7 Å². The van der Waals surface area contributed by atoms with Crippen LogP contribution in [0, 0.1) is 5.92 Å². The summed E-state index contributed by atoms with van der Waals surface area (Å²) in [7, 11) is 1.86. The van der Waals surface area contributed by atoms with E-state index in [4.69, 9.17) is 5.73 Å². The predicted octanol–water partition coefficient (Wildman–Crippen LogP) is 0.882. The first-order valence-corrected chi connectivity index (χ1v) is 7.44. The number of halogens is 1. The Balaban J connectivity index is 0.00000208. The maximum absolute atomic E-state index is 12.6. The lowest BCUT2D eigenvalue weighted by atomic mass is 9.90. The molecule has 1 aromatic carbocycles. The van der Waals surface area contributed by atoms with Crippen LogP contribution in [0.3, 0.4) is 0 Å². The van der Waals surface area contributed by atoms with Crippen LogP contribution >= 0.6 is 12.4 Å². The standard InChI is InChI=1S/C16H19N5O2.ClH/c1-21-9-11(6-19-21)13-7-18-8-14(13)16(23)20-12-4-2-3-10(5-12)15(17)22;/h2-6,9,13-14,18H,7-8H2,1H3,(H2,17,22)(H,20,23);1H/t13-,14+;/m1./s1. The minimum absolute atomic E-state index is 0. The summed E-state index contributed by atoms with van der Waals surface area (Å²) in [6, 6.07) is 6.64. The van der Waals surface area contributed by atoms with Crippen LogP contribution in [0.5, 0.6) is 0 Å². The summed E-state index contributed by atoms with van der Waals surface area (Å²) >= 11 is 0. The summed E-state index contributed by atoms with van der Waals surface area (Å²) in [6.45, 7) is 1.35. The molecular weight excluding hydrogens is 330 g/mol. The van der Waals surface area contributed by atoms with Crippen LogP contribution in [0.4, 0.5) is 5.69 Å². The Hall–Kier alpha value is -2.38. The zero-order valence-corrected chi connectivity index (χ0v) is 14.0. The van der Waals surface area contributed by atoms with Crippen LogP contribution in [0.25, 0.3) is 0 Å². The number of primary amides is 1. The third-order valence-corrected chi connectivity index (χ3v) is 4.12. The van der Waals surface area contributed by atoms with E-state index in [2.05, 4.69) is 15.7 Å². The second-order valence-corrected chi connectivity index (χ2v) is 5.75. The molecule has 1 aromatic heterocycles. The Morgan fingerprint density at radius 3 is 2.83 bits per heavy atom. The second kappa shape index (κ2) is 7.46. The van der Waals surface area contributed by atoms with Crippen molar-refractivity contribution in [3.63, 3.8) is 0 Å². The number of carbonyl (C=O) groups is 2. The minimum atomic E-state index is -0.517. The smallest absolute Gasteiger partial charge is 0.248 e. The van der Waals surface area contributed by atoms with E-state index in [1.54, 1.807) is 35.1 Å². The van der Waals surface area contributed by atoms with E-state index < -0.39 is 5.91 Å². The quantitative estimate of drug-likeness (QED) is 0.762. The van der Waals surface area contributed by atoms with Crippen molar-refractivity contribution >= 4 is 29.9 Å². The molecule has 0 bridgehead atoms. The van der Waals surface area contributed by atoms with E-state index in [0.717, 1.165) is 12.1 Å². The average molecular weight is 350 g/mol. The van der Waals surface area contributed by atoms with Crippen molar-refractivity contribution in [3.8, 4) is 0 Å². The molecule has 0 aliphatic carbocycles. The Bertz CT molecular complexity index is 746. The van der Waals surface area contributed by atoms with E-state index in [-0.39, 0.29) is 30.2 Å². The normalized spacial score (nSPS) is 19.5. The van der Waals surface area contributed by atoms with Crippen LogP contribution in [0.1, 0.15) is 21.8 Å². The highest BCUT2D eigenvalue weighted by Crippen LogP contribution is 2.28. The van der Waals surface area contributed by atoms with Crippen molar-refractivity contribution in [2.75, 3.05) is 18.4 Å². The van der Waals surface area contributed by atoms with Gasteiger partial charge in [-0.15, -0.1) is 12.4 Å². The van der Waals surface area contributed by atoms with Crippen molar-refractivity contribution < 1.29 is 9.59 Å². The molecule has 1 fully saturated rings. The SMILES string of the molecule is Cl.Cn1cc([C@H]2CNC[C@@H]2C(=O)Nc2cccc(C(N)=O)c2)cn1. The van der Waals surface area contributed by atoms with Gasteiger partial charge in [0, 0.05) is 43.5 Å². The molecule has 0 saturated carbocycles. The largest absolute Gasteiger partial charge is 0.366 e. The van der Waals surface area contributed by atoms with Gasteiger partial charge in [0.2, 0.25) is 11.8 Å². The van der Waals surface area contributed by atoms with Gasteiger partial charge in [0.25, 0.3) is 0 Å². The molecule has 8 heteroatoms. The van der Waals surface area contributed by atoms with Gasteiger partial charge in [-0.25, -0.2) is 0 Å². The van der Waals surface area contributed by atoms with E-state index in [1.165, 1.54) is 0 Å². The molecule has 1 aliphatic heterocycles. The van der Waals surface area contributed by atoms with Gasteiger partial charge >= 0.3 is 0 Å². The average Bonchev–Trinajstić information content (AvgIpc) is 3.15. The van der Waals surface area contributed by atoms with E-state index >= 15 is 0 Å². The fourth-order valence-corrected chi connectivity index (χ4v) is 2.92. The molecule has 2 heterocycles. The van der Waals surface area contributed by atoms with E-state index in [0.29, 0.717) is 17.8 Å². The van der Waals surface area contributed by atoms with Crippen molar-refractivity contribution in [1.82, 2.24) is 15.1 Å². The molecule has 2 aromatic rings. The maximum Gasteiger partial charge on any atom is 0.248 e. The third-order valence-electron chi connectivity index (χ3n) is 4.12. The highest BCUT2D eigenvalue weighted by molar-refractivity contribution is 5.97. The molecule has 2 atom stereocenters. The molecule has 1 saturated heterocycles. The monoisotopic (exact) mass is 349 g/mol. The highest BCUT2D eigenvalue weighted by atomic mass is 35.5. The number of carbonyl (C=O) groups excluding carboxylic acids is 2. The van der Waals surface area contributed by atoms with Gasteiger partial charge in [-0.05, 0) is 23.8 Å². The molecule has 4 N–H and O–H groups in total. The summed E-state index contributed by atoms with van der Waals surface area (Å²) < 4.78 is 1.74. The lowest BCUT2D eigenvalue weighted by Crippen LogP contribution is -2.28. The van der Waals surface area contributed by atoms with Crippen LogP contribution < -0.4 is 16.4 Å². The second-order valence-electron chi connectivity index (χ2n) is 5.75. The summed E-state index contributed by atoms with van der Waals surface area (Å²) in [5, 5.41) is 10.3. The van der Waals surface area contributed by atoms with Crippen LogP contribution in [-0.4, -0.2) is 34.7 Å². The van der Waals surface area contributed by atoms with Gasteiger partial charge < -0.3 is 16.4 Å². The number of anilines is 1. The fraction of sp³-hybridized carbons (Fsp3) is 0.312. The molecule has 1 aliphatic rings. The molecule has 2 amide bonds. The van der Waals surface area contributed by atoms with Gasteiger partial charge in [0.15, 0.2) is 0 Å². The van der Waals surface area contributed by atoms with Gasteiger partial charge in [-0.2, -0.15) is 5.10 Å². The van der Waals surface area contributed by atoms with Gasteiger partial charge in [0.1, 0.15) is 0 Å². The molecule has 24 heavy (non-hydrogen) atoms. The Morgan fingerprint density at radius 2 is 2.17 bits per heavy atom. The number of amides is 2. The number of nitrogens with two attached hydrogens (primary N) is 1. The molecule has 0 radical (unpaired) electrons. The zero-order valence-electron chi connectivity index (χ0n) is 13.2. The first kappa shape index (κ1) is 18.0. The fourth-order valence-electron chi connectivity index (χ4n) is 2.92. The number of hydrogen-bond acceptors (Lipinski definition) is 4. The molecule has 3 rings (SSSR count). The molecule has 0 spiro atoms. The molecule has 7 nitrogen and oxygen atoms in total. The number of nitrogens with zero attached hydrogens (tertiary/aromatic N) is 2. The number of aryl methyl sites for hydroxylation is 1. The van der Waals surface area contributed by atoms with E-state index in [9.17, 15) is 9.59 Å². The first-order valence-electron chi connectivity index (χ1n) is 7.44.